The molecule has 4 N–H and O–H groups in total. The molecule has 1 aromatic heterocycles. The molecule has 1 aliphatic heterocycles. The van der Waals surface area contributed by atoms with Gasteiger partial charge in [0.25, 0.3) is 0 Å². The van der Waals surface area contributed by atoms with Gasteiger partial charge in [0.2, 0.25) is 0 Å². The predicted molar refractivity (Wildman–Crippen MR) is 63.6 cm³/mol. The third-order valence-corrected chi connectivity index (χ3v) is 3.32. The summed E-state index contributed by atoms with van der Waals surface area (Å²) in [7, 11) is 1.53. The molecular formula is C10H14N2O5S. The smallest absolute Gasteiger partial charge is 0.326 e. The van der Waals surface area contributed by atoms with Gasteiger partial charge in [-0.15, -0.1) is 0 Å². The topological polar surface area (TPSA) is 108 Å². The van der Waals surface area contributed by atoms with Crippen molar-refractivity contribution in [3.05, 3.63) is 26.9 Å². The summed E-state index contributed by atoms with van der Waals surface area (Å²) in [6.07, 6.45) is -2.67. The lowest BCUT2D eigenvalue weighted by atomic mass is 10.0. The molecule has 0 aliphatic carbocycles. The molecule has 0 bridgehead atoms. The van der Waals surface area contributed by atoms with E-state index < -0.39 is 31.0 Å². The summed E-state index contributed by atoms with van der Waals surface area (Å²) in [5.74, 6) is 0. The Labute approximate surface area is 107 Å². The van der Waals surface area contributed by atoms with Crippen molar-refractivity contribution >= 4 is 12.2 Å². The van der Waals surface area contributed by atoms with Crippen LogP contribution in [0.5, 0.6) is 0 Å². The van der Waals surface area contributed by atoms with Gasteiger partial charge in [-0.05, 0) is 0 Å². The van der Waals surface area contributed by atoms with Gasteiger partial charge in [0.1, 0.15) is 29.1 Å². The maximum absolute atomic E-state index is 11.3. The van der Waals surface area contributed by atoms with Crippen LogP contribution in [0.2, 0.25) is 0 Å². The van der Waals surface area contributed by atoms with E-state index in [1.807, 2.05) is 0 Å². The molecule has 0 radical (unpaired) electrons. The van der Waals surface area contributed by atoms with Crippen LogP contribution in [-0.4, -0.2) is 49.8 Å². The van der Waals surface area contributed by atoms with E-state index in [0.717, 1.165) is 0 Å². The lowest BCUT2D eigenvalue weighted by Crippen LogP contribution is -2.32. The van der Waals surface area contributed by atoms with E-state index in [9.17, 15) is 15.0 Å². The quantitative estimate of drug-likeness (QED) is 0.494. The molecule has 2 rings (SSSR count). The van der Waals surface area contributed by atoms with Gasteiger partial charge in [-0.1, -0.05) is 12.2 Å². The van der Waals surface area contributed by atoms with Crippen molar-refractivity contribution in [3.63, 3.8) is 0 Å². The molecule has 1 aliphatic rings. The molecule has 18 heavy (non-hydrogen) atoms. The highest BCUT2D eigenvalue weighted by molar-refractivity contribution is 7.71. The molecule has 2 heterocycles. The monoisotopic (exact) mass is 274 g/mol. The second kappa shape index (κ2) is 4.90. The minimum Gasteiger partial charge on any atom is -0.394 e. The van der Waals surface area contributed by atoms with E-state index in [0.29, 0.717) is 5.56 Å². The number of aliphatic hydroxyl groups excluding tert-OH is 3. The molecule has 1 aromatic rings. The number of hydrogen-bond donors (Lipinski definition) is 4. The zero-order chi connectivity index (χ0) is 13.4. The van der Waals surface area contributed by atoms with E-state index in [-0.39, 0.29) is 10.3 Å². The average molecular weight is 274 g/mol. The Balaban J connectivity index is 2.42. The Kier molecular flexibility index (Phi) is 3.64. The first kappa shape index (κ1) is 13.4. The van der Waals surface area contributed by atoms with Gasteiger partial charge in [0.15, 0.2) is 0 Å². The predicted octanol–water partition coefficient (Wildman–Crippen LogP) is -1.40. The van der Waals surface area contributed by atoms with Gasteiger partial charge >= 0.3 is 5.69 Å². The van der Waals surface area contributed by atoms with Crippen molar-refractivity contribution in [3.8, 4) is 0 Å². The summed E-state index contributed by atoms with van der Waals surface area (Å²) >= 11 is 5.00. The largest absolute Gasteiger partial charge is 0.394 e. The van der Waals surface area contributed by atoms with Gasteiger partial charge in [-0.25, -0.2) is 4.79 Å². The lowest BCUT2D eigenvalue weighted by Gasteiger charge is -2.15. The van der Waals surface area contributed by atoms with E-state index in [4.69, 9.17) is 22.1 Å². The first-order chi connectivity index (χ1) is 8.45. The minimum absolute atomic E-state index is 0.146. The molecule has 8 heteroatoms. The first-order valence-electron chi connectivity index (χ1n) is 5.38. The van der Waals surface area contributed by atoms with Gasteiger partial charge < -0.3 is 24.6 Å². The van der Waals surface area contributed by atoms with Crippen LogP contribution < -0.4 is 5.69 Å². The zero-order valence-electron chi connectivity index (χ0n) is 9.61. The van der Waals surface area contributed by atoms with Crippen molar-refractivity contribution in [1.29, 1.82) is 0 Å². The summed E-state index contributed by atoms with van der Waals surface area (Å²) in [4.78, 5) is 13.8. The van der Waals surface area contributed by atoms with Crippen molar-refractivity contribution in [1.82, 2.24) is 9.55 Å². The van der Waals surface area contributed by atoms with Gasteiger partial charge in [0.05, 0.1) is 6.61 Å². The second-order valence-corrected chi connectivity index (χ2v) is 4.62. The fourth-order valence-corrected chi connectivity index (χ4v) is 2.20. The summed E-state index contributed by atoms with van der Waals surface area (Å²) < 4.78 is 6.75. The van der Waals surface area contributed by atoms with Crippen LogP contribution >= 0.6 is 12.2 Å². The van der Waals surface area contributed by atoms with Crippen LogP contribution in [0.15, 0.2) is 11.0 Å². The molecule has 7 nitrogen and oxygen atoms in total. The molecule has 0 unspecified atom stereocenters. The van der Waals surface area contributed by atoms with E-state index in [1.165, 1.54) is 17.8 Å². The number of rotatable bonds is 2. The Hall–Kier alpha value is -1.06. The summed E-state index contributed by atoms with van der Waals surface area (Å²) in [6, 6.07) is 0. The van der Waals surface area contributed by atoms with Crippen LogP contribution in [0.1, 0.15) is 11.7 Å². The highest BCUT2D eigenvalue weighted by Crippen LogP contribution is 2.33. The molecule has 0 saturated carbocycles. The highest BCUT2D eigenvalue weighted by Gasteiger charge is 2.43. The Bertz CT molecular complexity index is 554. The Morgan fingerprint density at radius 1 is 1.50 bits per heavy atom. The number of nitrogens with zero attached hydrogens (tertiary/aromatic N) is 1. The maximum Gasteiger partial charge on any atom is 0.326 e. The fraction of sp³-hybridized carbons (Fsp3) is 0.600. The third kappa shape index (κ3) is 2.13. The van der Waals surface area contributed by atoms with Gasteiger partial charge in [-0.3, -0.25) is 4.98 Å². The lowest BCUT2D eigenvalue weighted by molar-refractivity contribution is -0.0231. The fourth-order valence-electron chi connectivity index (χ4n) is 1.94. The first-order valence-corrected chi connectivity index (χ1v) is 5.79. The third-order valence-electron chi connectivity index (χ3n) is 2.98. The van der Waals surface area contributed by atoms with Crippen molar-refractivity contribution in [2.75, 3.05) is 6.61 Å². The van der Waals surface area contributed by atoms with Gasteiger partial charge in [0, 0.05) is 18.8 Å². The Morgan fingerprint density at radius 2 is 2.17 bits per heavy atom. The van der Waals surface area contributed by atoms with Crippen LogP contribution in [0.3, 0.4) is 0 Å². The minimum atomic E-state index is -1.20. The molecule has 1 fully saturated rings. The Morgan fingerprint density at radius 3 is 2.72 bits per heavy atom. The van der Waals surface area contributed by atoms with E-state index in [2.05, 4.69) is 4.98 Å². The summed E-state index contributed by atoms with van der Waals surface area (Å²) in [6.45, 7) is -0.406. The van der Waals surface area contributed by atoms with Crippen LogP contribution in [0.4, 0.5) is 0 Å². The number of nitrogens with one attached hydrogen (secondary N) is 1. The van der Waals surface area contributed by atoms with Crippen LogP contribution in [0.25, 0.3) is 0 Å². The number of aromatic amines is 1. The molecule has 1 saturated heterocycles. The maximum atomic E-state index is 11.3. The van der Waals surface area contributed by atoms with E-state index >= 15 is 0 Å². The number of aryl methyl sites for hydroxylation is 1. The number of aliphatic hydroxyl groups is 3. The number of hydrogen-bond acceptors (Lipinski definition) is 6. The molecule has 100 valence electrons. The van der Waals surface area contributed by atoms with Crippen LogP contribution in [-0.2, 0) is 11.8 Å². The molecule has 0 amide bonds. The average Bonchev–Trinajstić information content (AvgIpc) is 2.61. The highest BCUT2D eigenvalue weighted by atomic mass is 32.1. The molecule has 0 aromatic carbocycles. The number of ether oxygens (including phenoxy) is 1. The normalized spacial score (nSPS) is 31.8. The van der Waals surface area contributed by atoms with Crippen LogP contribution in [0, 0.1) is 4.64 Å². The molecule has 0 spiro atoms. The van der Waals surface area contributed by atoms with Crippen molar-refractivity contribution < 1.29 is 20.1 Å². The van der Waals surface area contributed by atoms with E-state index in [1.54, 1.807) is 0 Å². The SMILES string of the molecule is Cn1cc([C@@H]2O[C@H](CO)[C@@H](O)[C@H]2O)c(=S)[nH]c1=O. The standard InChI is InChI=1S/C10H14N2O5S/c1-12-2-4(9(18)11-10(12)16)8-7(15)6(14)5(3-13)17-8/h2,5-8,13-15H,3H2,1H3,(H,11,16,18)/t5-,6-,7-,8+/m1/s1. The zero-order valence-corrected chi connectivity index (χ0v) is 10.4. The second-order valence-electron chi connectivity index (χ2n) is 4.21. The molecule has 4 atom stereocenters. The van der Waals surface area contributed by atoms with Gasteiger partial charge in [-0.2, -0.15) is 0 Å². The number of H-pyrrole nitrogens is 1. The summed E-state index contributed by atoms with van der Waals surface area (Å²) in [5, 5.41) is 28.5. The summed E-state index contributed by atoms with van der Waals surface area (Å²) in [5.41, 5.74) is 0.0186. The number of aromatic nitrogens is 2. The molecular weight excluding hydrogens is 260 g/mol. The van der Waals surface area contributed by atoms with Crippen molar-refractivity contribution in [2.45, 2.75) is 24.4 Å². The van der Waals surface area contributed by atoms with Crippen molar-refractivity contribution in [2.24, 2.45) is 7.05 Å².